The van der Waals surface area contributed by atoms with E-state index in [4.69, 9.17) is 0 Å². The van der Waals surface area contributed by atoms with Gasteiger partial charge in [-0.25, -0.2) is 0 Å². The molecule has 0 aromatic rings. The van der Waals surface area contributed by atoms with Crippen molar-refractivity contribution < 1.29 is 14.7 Å². The fourth-order valence-corrected chi connectivity index (χ4v) is 2.90. The predicted octanol–water partition coefficient (Wildman–Crippen LogP) is 0.324. The molecule has 18 heavy (non-hydrogen) atoms. The van der Waals surface area contributed by atoms with Gasteiger partial charge in [-0.2, -0.15) is 0 Å². The van der Waals surface area contributed by atoms with Crippen LogP contribution in [0.25, 0.3) is 0 Å². The van der Waals surface area contributed by atoms with Gasteiger partial charge in [-0.3, -0.25) is 9.59 Å². The zero-order chi connectivity index (χ0) is 13.0. The highest BCUT2D eigenvalue weighted by Gasteiger charge is 2.33. The maximum atomic E-state index is 11.9. The summed E-state index contributed by atoms with van der Waals surface area (Å²) >= 11 is 0. The molecule has 5 nitrogen and oxygen atoms in total. The molecule has 0 bridgehead atoms. The van der Waals surface area contributed by atoms with E-state index in [1.54, 1.807) is 0 Å². The molecular weight excluding hydrogens is 232 g/mol. The zero-order valence-corrected chi connectivity index (χ0v) is 10.7. The highest BCUT2D eigenvalue weighted by atomic mass is 16.3. The first-order valence-electron chi connectivity index (χ1n) is 6.83. The summed E-state index contributed by atoms with van der Waals surface area (Å²) < 4.78 is 0. The Kier molecular flexibility index (Phi) is 4.22. The van der Waals surface area contributed by atoms with E-state index < -0.39 is 0 Å². The van der Waals surface area contributed by atoms with E-state index in [1.165, 1.54) is 6.42 Å². The lowest BCUT2D eigenvalue weighted by atomic mass is 9.74. The second-order valence-electron chi connectivity index (χ2n) is 5.60. The molecule has 1 heterocycles. The van der Waals surface area contributed by atoms with E-state index in [2.05, 4.69) is 10.6 Å². The fourth-order valence-electron chi connectivity index (χ4n) is 2.90. The lowest BCUT2D eigenvalue weighted by Crippen LogP contribution is -2.47. The smallest absolute Gasteiger partial charge is 0.242 e. The third kappa shape index (κ3) is 3.02. The van der Waals surface area contributed by atoms with Crippen molar-refractivity contribution in [2.24, 2.45) is 5.41 Å². The second-order valence-corrected chi connectivity index (χ2v) is 5.60. The summed E-state index contributed by atoms with van der Waals surface area (Å²) in [4.78, 5) is 22.9. The van der Waals surface area contributed by atoms with Gasteiger partial charge in [-0.1, -0.05) is 19.3 Å². The molecule has 3 N–H and O–H groups in total. The number of hydrogen-bond donors (Lipinski definition) is 3. The van der Waals surface area contributed by atoms with E-state index in [-0.39, 0.29) is 29.9 Å². The second kappa shape index (κ2) is 5.69. The van der Waals surface area contributed by atoms with Gasteiger partial charge in [0.05, 0.1) is 6.61 Å². The third-order valence-corrected chi connectivity index (χ3v) is 4.20. The minimum Gasteiger partial charge on any atom is -0.396 e. The summed E-state index contributed by atoms with van der Waals surface area (Å²) in [7, 11) is 0. The van der Waals surface area contributed by atoms with Crippen LogP contribution >= 0.6 is 0 Å². The summed E-state index contributed by atoms with van der Waals surface area (Å²) in [5.74, 6) is -0.163. The lowest BCUT2D eigenvalue weighted by molar-refractivity contribution is -0.126. The van der Waals surface area contributed by atoms with Crippen LogP contribution in [0, 0.1) is 5.41 Å². The van der Waals surface area contributed by atoms with Crippen LogP contribution in [-0.4, -0.2) is 36.1 Å². The molecule has 0 spiro atoms. The number of aliphatic hydroxyl groups excluding tert-OH is 1. The molecule has 2 rings (SSSR count). The normalized spacial score (nSPS) is 26.7. The number of nitrogens with one attached hydrogen (secondary N) is 2. The van der Waals surface area contributed by atoms with Gasteiger partial charge in [0.2, 0.25) is 11.8 Å². The molecule has 0 aromatic carbocycles. The van der Waals surface area contributed by atoms with E-state index in [0.717, 1.165) is 25.7 Å². The summed E-state index contributed by atoms with van der Waals surface area (Å²) in [6.45, 7) is 0.652. The van der Waals surface area contributed by atoms with E-state index in [9.17, 15) is 14.7 Å². The highest BCUT2D eigenvalue weighted by molar-refractivity contribution is 5.90. The average Bonchev–Trinajstić information content (AvgIpc) is 2.84. The van der Waals surface area contributed by atoms with Crippen molar-refractivity contribution in [3.63, 3.8) is 0 Å². The number of carbonyl (C=O) groups excluding carboxylic acids is 2. The van der Waals surface area contributed by atoms with Crippen LogP contribution < -0.4 is 10.6 Å². The van der Waals surface area contributed by atoms with E-state index >= 15 is 0 Å². The lowest BCUT2D eigenvalue weighted by Gasteiger charge is -2.35. The first-order chi connectivity index (χ1) is 8.65. The Balaban J connectivity index is 1.82. The third-order valence-electron chi connectivity index (χ3n) is 4.20. The Bertz CT molecular complexity index is 324. The molecule has 2 fully saturated rings. The van der Waals surface area contributed by atoms with E-state index in [0.29, 0.717) is 19.4 Å². The number of hydrogen-bond acceptors (Lipinski definition) is 3. The molecule has 5 heteroatoms. The Morgan fingerprint density at radius 2 is 2.11 bits per heavy atom. The minimum absolute atomic E-state index is 0.0512. The Labute approximate surface area is 107 Å². The highest BCUT2D eigenvalue weighted by Crippen LogP contribution is 2.35. The summed E-state index contributed by atoms with van der Waals surface area (Å²) in [6.07, 6.45) is 6.42. The molecule has 0 aromatic heterocycles. The van der Waals surface area contributed by atoms with Crippen LogP contribution in [0.1, 0.15) is 44.9 Å². The Hall–Kier alpha value is -1.10. The van der Waals surface area contributed by atoms with Crippen LogP contribution in [0.3, 0.4) is 0 Å². The summed E-state index contributed by atoms with van der Waals surface area (Å²) in [5.41, 5.74) is -0.142. The Morgan fingerprint density at radius 3 is 2.67 bits per heavy atom. The molecule has 0 radical (unpaired) electrons. The number of aliphatic hydroxyl groups is 1. The molecule has 1 atom stereocenters. The van der Waals surface area contributed by atoms with Crippen molar-refractivity contribution in [2.45, 2.75) is 51.0 Å². The summed E-state index contributed by atoms with van der Waals surface area (Å²) in [5, 5.41) is 15.1. The SMILES string of the molecule is O=C1CC[C@@H](C(=O)NCC2(CO)CCCCC2)N1. The molecule has 2 aliphatic rings. The maximum Gasteiger partial charge on any atom is 0.242 e. The molecule has 102 valence electrons. The first kappa shape index (κ1) is 13.3. The maximum absolute atomic E-state index is 11.9. The van der Waals surface area contributed by atoms with Gasteiger partial charge in [-0.15, -0.1) is 0 Å². The van der Waals surface area contributed by atoms with Crippen LogP contribution in [0.5, 0.6) is 0 Å². The molecule has 1 saturated carbocycles. The van der Waals surface area contributed by atoms with Gasteiger partial charge >= 0.3 is 0 Å². The topological polar surface area (TPSA) is 78.4 Å². The van der Waals surface area contributed by atoms with Gasteiger partial charge in [0.25, 0.3) is 0 Å². The van der Waals surface area contributed by atoms with Gasteiger partial charge in [0.1, 0.15) is 6.04 Å². The van der Waals surface area contributed by atoms with Gasteiger partial charge in [0.15, 0.2) is 0 Å². The van der Waals surface area contributed by atoms with Crippen LogP contribution in [0.15, 0.2) is 0 Å². The van der Waals surface area contributed by atoms with Crippen molar-refractivity contribution in [1.82, 2.24) is 10.6 Å². The molecule has 0 unspecified atom stereocenters. The molecule has 1 aliphatic heterocycles. The van der Waals surface area contributed by atoms with Crippen LogP contribution in [0.4, 0.5) is 0 Å². The van der Waals surface area contributed by atoms with Gasteiger partial charge in [-0.05, 0) is 19.3 Å². The van der Waals surface area contributed by atoms with Crippen molar-refractivity contribution >= 4 is 11.8 Å². The standard InChI is InChI=1S/C13H22N2O3/c16-9-13(6-2-1-3-7-13)8-14-12(18)10-4-5-11(17)15-10/h10,16H,1-9H2,(H,14,18)(H,15,17)/t10-/m0/s1. The molecule has 2 amide bonds. The molecular formula is C13H22N2O3. The quantitative estimate of drug-likeness (QED) is 0.676. The number of amides is 2. The van der Waals surface area contributed by atoms with Crippen molar-refractivity contribution in [3.05, 3.63) is 0 Å². The molecule has 1 aliphatic carbocycles. The monoisotopic (exact) mass is 254 g/mol. The number of rotatable bonds is 4. The van der Waals surface area contributed by atoms with Crippen LogP contribution in [-0.2, 0) is 9.59 Å². The van der Waals surface area contributed by atoms with Crippen molar-refractivity contribution in [1.29, 1.82) is 0 Å². The molecule has 1 saturated heterocycles. The Morgan fingerprint density at radius 1 is 1.39 bits per heavy atom. The average molecular weight is 254 g/mol. The first-order valence-corrected chi connectivity index (χ1v) is 6.83. The zero-order valence-electron chi connectivity index (χ0n) is 10.7. The summed E-state index contributed by atoms with van der Waals surface area (Å²) in [6, 6.07) is -0.378. The van der Waals surface area contributed by atoms with Crippen molar-refractivity contribution in [2.75, 3.05) is 13.2 Å². The number of carbonyl (C=O) groups is 2. The van der Waals surface area contributed by atoms with E-state index in [1.807, 2.05) is 0 Å². The fraction of sp³-hybridized carbons (Fsp3) is 0.846. The minimum atomic E-state index is -0.378. The van der Waals surface area contributed by atoms with Gasteiger partial charge in [0, 0.05) is 18.4 Å². The predicted molar refractivity (Wildman–Crippen MR) is 66.8 cm³/mol. The largest absolute Gasteiger partial charge is 0.396 e. The van der Waals surface area contributed by atoms with Crippen LogP contribution in [0.2, 0.25) is 0 Å². The van der Waals surface area contributed by atoms with Gasteiger partial charge < -0.3 is 15.7 Å². The van der Waals surface area contributed by atoms with Crippen molar-refractivity contribution in [3.8, 4) is 0 Å².